The molecular weight excluding hydrogens is 430 g/mol. The summed E-state index contributed by atoms with van der Waals surface area (Å²) in [6.45, 7) is 1.22. The lowest BCUT2D eigenvalue weighted by molar-refractivity contribution is -0.158. The van der Waals surface area contributed by atoms with Crippen molar-refractivity contribution in [1.82, 2.24) is 0 Å². The molecule has 3 aromatic carbocycles. The molecule has 176 valence electrons. The van der Waals surface area contributed by atoms with Crippen LogP contribution in [0.15, 0.2) is 72.8 Å². The van der Waals surface area contributed by atoms with E-state index in [2.05, 4.69) is 53.4 Å². The number of carbonyl (C=O) groups is 2. The fourth-order valence-electron chi connectivity index (χ4n) is 4.37. The Hall–Kier alpha value is -3.80. The van der Waals surface area contributed by atoms with Gasteiger partial charge in [0.25, 0.3) is 0 Å². The molecule has 34 heavy (non-hydrogen) atoms. The highest BCUT2D eigenvalue weighted by atomic mass is 16.5. The van der Waals surface area contributed by atoms with Crippen molar-refractivity contribution in [3.63, 3.8) is 0 Å². The molecule has 6 nitrogen and oxygen atoms in total. The summed E-state index contributed by atoms with van der Waals surface area (Å²) in [4.78, 5) is 26.2. The predicted molar refractivity (Wildman–Crippen MR) is 130 cm³/mol. The van der Waals surface area contributed by atoms with Gasteiger partial charge in [0.1, 0.15) is 12.4 Å². The van der Waals surface area contributed by atoms with Crippen LogP contribution in [0, 0.1) is 5.92 Å². The van der Waals surface area contributed by atoms with E-state index < -0.39 is 17.9 Å². The molecule has 0 spiro atoms. The third-order valence-corrected chi connectivity index (χ3v) is 6.15. The number of esters is 2. The molecule has 0 atom stereocenters. The van der Waals surface area contributed by atoms with Crippen molar-refractivity contribution in [2.24, 2.45) is 5.92 Å². The van der Waals surface area contributed by atoms with E-state index in [0.29, 0.717) is 13.2 Å². The monoisotopic (exact) mass is 459 g/mol. The lowest BCUT2D eigenvalue weighted by Gasteiger charge is -2.27. The van der Waals surface area contributed by atoms with Gasteiger partial charge >= 0.3 is 11.9 Å². The lowest BCUT2D eigenvalue weighted by Crippen LogP contribution is -2.28. The van der Waals surface area contributed by atoms with Crippen molar-refractivity contribution >= 4 is 23.3 Å². The van der Waals surface area contributed by atoms with Gasteiger partial charge in [-0.25, -0.2) is 0 Å². The number of anilines is 2. The SMILES string of the molecule is COC(=O)C(Cc1ccc(OCCN2c3ccccc3CCc3ccccc32)cc1)C(=O)OC. The molecule has 0 bridgehead atoms. The smallest absolute Gasteiger partial charge is 0.320 e. The average Bonchev–Trinajstić information content (AvgIpc) is 3.04. The van der Waals surface area contributed by atoms with Gasteiger partial charge in [-0.15, -0.1) is 0 Å². The predicted octanol–water partition coefficient (Wildman–Crippen LogP) is 4.51. The molecule has 4 rings (SSSR count). The summed E-state index contributed by atoms with van der Waals surface area (Å²) < 4.78 is 15.5. The van der Waals surface area contributed by atoms with Gasteiger partial charge in [0, 0.05) is 11.4 Å². The first-order valence-electron chi connectivity index (χ1n) is 11.4. The van der Waals surface area contributed by atoms with Gasteiger partial charge in [0.15, 0.2) is 5.92 Å². The molecule has 3 aromatic rings. The third-order valence-electron chi connectivity index (χ3n) is 6.15. The molecule has 0 unspecified atom stereocenters. The molecule has 6 heteroatoms. The number of fused-ring (bicyclic) bond motifs is 2. The summed E-state index contributed by atoms with van der Waals surface area (Å²) in [5.74, 6) is -1.46. The van der Waals surface area contributed by atoms with E-state index in [0.717, 1.165) is 24.2 Å². The van der Waals surface area contributed by atoms with Crippen LogP contribution in [0.3, 0.4) is 0 Å². The highest BCUT2D eigenvalue weighted by molar-refractivity contribution is 5.95. The Kier molecular flexibility index (Phi) is 7.48. The quantitative estimate of drug-likeness (QED) is 0.365. The van der Waals surface area contributed by atoms with Gasteiger partial charge in [-0.3, -0.25) is 9.59 Å². The number of nitrogens with zero attached hydrogens (tertiary/aromatic N) is 1. The van der Waals surface area contributed by atoms with Crippen LogP contribution in [0.5, 0.6) is 5.75 Å². The van der Waals surface area contributed by atoms with Gasteiger partial charge in [-0.05, 0) is 60.2 Å². The summed E-state index contributed by atoms with van der Waals surface area (Å²) in [5, 5.41) is 0. The number of benzene rings is 3. The Bertz CT molecular complexity index is 1080. The molecule has 1 heterocycles. The van der Waals surface area contributed by atoms with Crippen molar-refractivity contribution < 1.29 is 23.8 Å². The number of aryl methyl sites for hydroxylation is 2. The second kappa shape index (κ2) is 10.9. The number of ether oxygens (including phenoxy) is 3. The summed E-state index contributed by atoms with van der Waals surface area (Å²) in [5.41, 5.74) is 5.96. The Balaban J connectivity index is 1.42. The largest absolute Gasteiger partial charge is 0.492 e. The van der Waals surface area contributed by atoms with Crippen molar-refractivity contribution in [3.8, 4) is 5.75 Å². The zero-order valence-electron chi connectivity index (χ0n) is 19.5. The molecule has 0 amide bonds. The minimum Gasteiger partial charge on any atom is -0.492 e. The topological polar surface area (TPSA) is 65.1 Å². The van der Waals surface area contributed by atoms with Crippen LogP contribution < -0.4 is 9.64 Å². The average molecular weight is 460 g/mol. The summed E-state index contributed by atoms with van der Waals surface area (Å²) in [7, 11) is 2.52. The Labute approximate surface area is 200 Å². The maximum absolute atomic E-state index is 11.9. The van der Waals surface area contributed by atoms with Gasteiger partial charge in [-0.1, -0.05) is 48.5 Å². The number of hydrogen-bond acceptors (Lipinski definition) is 6. The highest BCUT2D eigenvalue weighted by Crippen LogP contribution is 2.35. The Morgan fingerprint density at radius 2 is 1.32 bits per heavy atom. The van der Waals surface area contributed by atoms with E-state index >= 15 is 0 Å². The summed E-state index contributed by atoms with van der Waals surface area (Å²) in [6, 6.07) is 24.5. The Morgan fingerprint density at radius 3 is 1.85 bits per heavy atom. The van der Waals surface area contributed by atoms with Gasteiger partial charge < -0.3 is 19.1 Å². The number of methoxy groups -OCH3 is 2. The van der Waals surface area contributed by atoms with Crippen LogP contribution in [0.4, 0.5) is 11.4 Å². The van der Waals surface area contributed by atoms with Crippen LogP contribution in [0.25, 0.3) is 0 Å². The summed E-state index contributed by atoms with van der Waals surface area (Å²) >= 11 is 0. The molecule has 0 aliphatic carbocycles. The van der Waals surface area contributed by atoms with E-state index in [9.17, 15) is 9.59 Å². The number of para-hydroxylation sites is 2. The number of rotatable bonds is 8. The molecule has 0 fully saturated rings. The van der Waals surface area contributed by atoms with Gasteiger partial charge in [0.05, 0.1) is 20.8 Å². The molecule has 1 aliphatic rings. The molecule has 0 aromatic heterocycles. The molecule has 0 radical (unpaired) electrons. The first-order valence-corrected chi connectivity index (χ1v) is 11.4. The van der Waals surface area contributed by atoms with Crippen molar-refractivity contribution in [2.75, 3.05) is 32.3 Å². The van der Waals surface area contributed by atoms with E-state index in [1.54, 1.807) is 0 Å². The fraction of sp³-hybridized carbons (Fsp3) is 0.286. The lowest BCUT2D eigenvalue weighted by atomic mass is 9.99. The van der Waals surface area contributed by atoms with E-state index in [4.69, 9.17) is 14.2 Å². The zero-order chi connectivity index (χ0) is 23.9. The van der Waals surface area contributed by atoms with Gasteiger partial charge in [0.2, 0.25) is 0 Å². The minimum atomic E-state index is -0.982. The number of hydrogen-bond donors (Lipinski definition) is 0. The molecule has 0 N–H and O–H groups in total. The minimum absolute atomic E-state index is 0.209. The van der Waals surface area contributed by atoms with Crippen LogP contribution in [0.1, 0.15) is 16.7 Å². The summed E-state index contributed by atoms with van der Waals surface area (Å²) in [6.07, 6.45) is 2.25. The van der Waals surface area contributed by atoms with Gasteiger partial charge in [-0.2, -0.15) is 0 Å². The maximum Gasteiger partial charge on any atom is 0.320 e. The Morgan fingerprint density at radius 1 is 0.794 bits per heavy atom. The zero-order valence-corrected chi connectivity index (χ0v) is 19.5. The fourth-order valence-corrected chi connectivity index (χ4v) is 4.37. The normalized spacial score (nSPS) is 12.4. The van der Waals surface area contributed by atoms with Crippen molar-refractivity contribution in [1.29, 1.82) is 0 Å². The second-order valence-electron chi connectivity index (χ2n) is 8.20. The standard InChI is InChI=1S/C28H29NO5/c1-32-27(30)24(28(31)33-2)19-20-11-15-23(16-12-20)34-18-17-29-25-9-5-3-7-21(25)13-14-22-8-4-6-10-26(22)29/h3-12,15-16,24H,13-14,17-19H2,1-2H3. The molecular formula is C28H29NO5. The first kappa shape index (κ1) is 23.4. The molecule has 1 aliphatic heterocycles. The number of carbonyl (C=O) groups excluding carboxylic acids is 2. The van der Waals surface area contributed by atoms with Crippen LogP contribution in [-0.4, -0.2) is 39.3 Å². The molecule has 0 saturated carbocycles. The van der Waals surface area contributed by atoms with Crippen LogP contribution in [-0.2, 0) is 38.3 Å². The van der Waals surface area contributed by atoms with Crippen LogP contribution >= 0.6 is 0 Å². The van der Waals surface area contributed by atoms with E-state index in [-0.39, 0.29) is 6.42 Å². The van der Waals surface area contributed by atoms with Crippen LogP contribution in [0.2, 0.25) is 0 Å². The van der Waals surface area contributed by atoms with E-state index in [1.807, 2.05) is 24.3 Å². The maximum atomic E-state index is 11.9. The highest BCUT2D eigenvalue weighted by Gasteiger charge is 2.28. The van der Waals surface area contributed by atoms with Crippen molar-refractivity contribution in [3.05, 3.63) is 89.5 Å². The van der Waals surface area contributed by atoms with E-state index in [1.165, 1.54) is 36.7 Å². The molecule has 0 saturated heterocycles. The third kappa shape index (κ3) is 5.22. The second-order valence-corrected chi connectivity index (χ2v) is 8.20. The first-order chi connectivity index (χ1) is 16.6. The van der Waals surface area contributed by atoms with Crippen molar-refractivity contribution in [2.45, 2.75) is 19.3 Å².